The normalized spacial score (nSPS) is 11.8. The molecule has 2 aromatic heterocycles. The summed E-state index contributed by atoms with van der Waals surface area (Å²) in [7, 11) is -1.99. The topological polar surface area (TPSA) is 92.3 Å². The number of anilines is 1. The van der Waals surface area contributed by atoms with Crippen molar-refractivity contribution in [3.05, 3.63) is 48.3 Å². The lowest BCUT2D eigenvalue weighted by atomic mass is 10.2. The third kappa shape index (κ3) is 3.53. The molecule has 25 heavy (non-hydrogen) atoms. The Labute approximate surface area is 149 Å². The lowest BCUT2D eigenvalue weighted by Gasteiger charge is -2.14. The zero-order chi connectivity index (χ0) is 18.0. The van der Waals surface area contributed by atoms with Gasteiger partial charge in [-0.1, -0.05) is 18.3 Å². The number of aromatic nitrogens is 2. The van der Waals surface area contributed by atoms with Crippen molar-refractivity contribution in [3.63, 3.8) is 0 Å². The van der Waals surface area contributed by atoms with Crippen molar-refractivity contribution in [2.24, 2.45) is 0 Å². The van der Waals surface area contributed by atoms with E-state index in [4.69, 9.17) is 0 Å². The zero-order valence-corrected chi connectivity index (χ0v) is 15.3. The SMILES string of the molecule is CCN(C)S(=O)(=O)c1ccc2nc(NC(=O)c3ccncc3)sc2c1. The minimum absolute atomic E-state index is 0.208. The first-order chi connectivity index (χ1) is 11.9. The van der Waals surface area contributed by atoms with Crippen LogP contribution in [0.2, 0.25) is 0 Å². The molecule has 0 aliphatic heterocycles. The van der Waals surface area contributed by atoms with Crippen molar-refractivity contribution in [1.29, 1.82) is 0 Å². The highest BCUT2D eigenvalue weighted by atomic mass is 32.2. The van der Waals surface area contributed by atoms with Crippen LogP contribution in [-0.4, -0.2) is 42.2 Å². The first-order valence-electron chi connectivity index (χ1n) is 7.50. The van der Waals surface area contributed by atoms with E-state index >= 15 is 0 Å². The quantitative estimate of drug-likeness (QED) is 0.739. The summed E-state index contributed by atoms with van der Waals surface area (Å²) < 4.78 is 26.8. The minimum atomic E-state index is -3.52. The Morgan fingerprint density at radius 2 is 1.96 bits per heavy atom. The van der Waals surface area contributed by atoms with Gasteiger partial charge in [-0.05, 0) is 30.3 Å². The smallest absolute Gasteiger partial charge is 0.257 e. The number of carbonyl (C=O) groups is 1. The number of nitrogens with zero attached hydrogens (tertiary/aromatic N) is 3. The number of pyridine rings is 1. The lowest BCUT2D eigenvalue weighted by molar-refractivity contribution is 0.102. The van der Waals surface area contributed by atoms with E-state index in [1.165, 1.54) is 41.1 Å². The minimum Gasteiger partial charge on any atom is -0.298 e. The number of sulfonamides is 1. The van der Waals surface area contributed by atoms with E-state index in [1.54, 1.807) is 31.2 Å². The highest BCUT2D eigenvalue weighted by Gasteiger charge is 2.20. The molecule has 0 radical (unpaired) electrons. The second-order valence-corrected chi connectivity index (χ2v) is 8.33. The van der Waals surface area contributed by atoms with Crippen molar-refractivity contribution in [1.82, 2.24) is 14.3 Å². The maximum absolute atomic E-state index is 12.4. The maximum atomic E-state index is 12.4. The Morgan fingerprint density at radius 1 is 1.24 bits per heavy atom. The van der Waals surface area contributed by atoms with Crippen LogP contribution in [0.25, 0.3) is 10.2 Å². The third-order valence-electron chi connectivity index (χ3n) is 3.68. The molecule has 0 bridgehead atoms. The molecule has 2 heterocycles. The molecule has 0 aliphatic carbocycles. The van der Waals surface area contributed by atoms with Crippen LogP contribution in [0.4, 0.5) is 5.13 Å². The fourth-order valence-corrected chi connectivity index (χ4v) is 4.32. The van der Waals surface area contributed by atoms with E-state index in [1.807, 2.05) is 0 Å². The van der Waals surface area contributed by atoms with Gasteiger partial charge in [0.15, 0.2) is 5.13 Å². The molecule has 1 aromatic carbocycles. The molecule has 7 nitrogen and oxygen atoms in total. The fraction of sp³-hybridized carbons (Fsp3) is 0.188. The molecule has 1 amide bonds. The summed E-state index contributed by atoms with van der Waals surface area (Å²) in [6, 6.07) is 7.96. The number of fused-ring (bicyclic) bond motifs is 1. The predicted molar refractivity (Wildman–Crippen MR) is 97.3 cm³/mol. The number of carbonyl (C=O) groups excluding carboxylic acids is 1. The molecule has 0 aliphatic rings. The number of hydrogen-bond acceptors (Lipinski definition) is 6. The van der Waals surface area contributed by atoms with E-state index in [2.05, 4.69) is 15.3 Å². The molecule has 0 fully saturated rings. The molecule has 3 aromatic rings. The first kappa shape index (κ1) is 17.5. The van der Waals surface area contributed by atoms with Crippen LogP contribution in [0.1, 0.15) is 17.3 Å². The molecule has 1 N–H and O–H groups in total. The van der Waals surface area contributed by atoms with Crippen molar-refractivity contribution in [3.8, 4) is 0 Å². The summed E-state index contributed by atoms with van der Waals surface area (Å²) in [5.74, 6) is -0.292. The Morgan fingerprint density at radius 3 is 2.64 bits per heavy atom. The van der Waals surface area contributed by atoms with Gasteiger partial charge in [-0.15, -0.1) is 0 Å². The molecule has 0 unspecified atom stereocenters. The van der Waals surface area contributed by atoms with Gasteiger partial charge in [0.1, 0.15) is 0 Å². The van der Waals surface area contributed by atoms with Crippen molar-refractivity contribution >= 4 is 42.6 Å². The van der Waals surface area contributed by atoms with Crippen LogP contribution >= 0.6 is 11.3 Å². The molecular formula is C16H16N4O3S2. The zero-order valence-electron chi connectivity index (χ0n) is 13.6. The highest BCUT2D eigenvalue weighted by molar-refractivity contribution is 7.89. The molecule has 0 saturated carbocycles. The van der Waals surface area contributed by atoms with Gasteiger partial charge < -0.3 is 0 Å². The largest absolute Gasteiger partial charge is 0.298 e. The first-order valence-corrected chi connectivity index (χ1v) is 9.76. The molecule has 130 valence electrons. The summed E-state index contributed by atoms with van der Waals surface area (Å²) >= 11 is 1.23. The molecule has 3 rings (SSSR count). The number of hydrogen-bond donors (Lipinski definition) is 1. The van der Waals surface area contributed by atoms with Gasteiger partial charge >= 0.3 is 0 Å². The van der Waals surface area contributed by atoms with Gasteiger partial charge in [0.05, 0.1) is 15.1 Å². The van der Waals surface area contributed by atoms with Crippen LogP contribution < -0.4 is 5.32 Å². The van der Waals surface area contributed by atoms with Gasteiger partial charge in [0, 0.05) is 31.5 Å². The second kappa shape index (κ2) is 6.87. The molecule has 9 heteroatoms. The van der Waals surface area contributed by atoms with Crippen molar-refractivity contribution in [2.45, 2.75) is 11.8 Å². The fourth-order valence-electron chi connectivity index (χ4n) is 2.14. The third-order valence-corrected chi connectivity index (χ3v) is 6.54. The summed E-state index contributed by atoms with van der Waals surface area (Å²) in [4.78, 5) is 20.6. The van der Waals surface area contributed by atoms with Crippen molar-refractivity contribution in [2.75, 3.05) is 18.9 Å². The number of nitrogens with one attached hydrogen (secondary N) is 1. The highest BCUT2D eigenvalue weighted by Crippen LogP contribution is 2.29. The summed E-state index contributed by atoms with van der Waals surface area (Å²) in [5, 5.41) is 3.13. The molecule has 0 saturated heterocycles. The number of rotatable bonds is 5. The van der Waals surface area contributed by atoms with Crippen LogP contribution in [0, 0.1) is 0 Å². The van der Waals surface area contributed by atoms with Crippen molar-refractivity contribution < 1.29 is 13.2 Å². The van der Waals surface area contributed by atoms with Gasteiger partial charge in [-0.3, -0.25) is 15.1 Å². The predicted octanol–water partition coefficient (Wildman–Crippen LogP) is 2.58. The number of amides is 1. The Kier molecular flexibility index (Phi) is 4.80. The van der Waals surface area contributed by atoms with E-state index < -0.39 is 10.0 Å². The van der Waals surface area contributed by atoms with Crippen LogP contribution in [0.5, 0.6) is 0 Å². The van der Waals surface area contributed by atoms with Gasteiger partial charge in [0.25, 0.3) is 5.91 Å². The Balaban J connectivity index is 1.90. The Hall–Kier alpha value is -2.36. The van der Waals surface area contributed by atoms with E-state index in [0.29, 0.717) is 27.5 Å². The average molecular weight is 376 g/mol. The van der Waals surface area contributed by atoms with E-state index in [-0.39, 0.29) is 10.8 Å². The number of benzene rings is 1. The number of thiazole rings is 1. The van der Waals surface area contributed by atoms with Crippen LogP contribution in [0.3, 0.4) is 0 Å². The van der Waals surface area contributed by atoms with Gasteiger partial charge in [-0.25, -0.2) is 17.7 Å². The average Bonchev–Trinajstić information content (AvgIpc) is 3.02. The van der Waals surface area contributed by atoms with Crippen LogP contribution in [-0.2, 0) is 10.0 Å². The Bertz CT molecular complexity index is 1020. The summed E-state index contributed by atoms with van der Waals surface area (Å²) in [5.41, 5.74) is 1.11. The summed E-state index contributed by atoms with van der Waals surface area (Å²) in [6.07, 6.45) is 3.07. The van der Waals surface area contributed by atoms with E-state index in [9.17, 15) is 13.2 Å². The van der Waals surface area contributed by atoms with Crippen LogP contribution in [0.15, 0.2) is 47.6 Å². The van der Waals surface area contributed by atoms with Gasteiger partial charge in [-0.2, -0.15) is 0 Å². The van der Waals surface area contributed by atoms with Gasteiger partial charge in [0.2, 0.25) is 10.0 Å². The second-order valence-electron chi connectivity index (χ2n) is 5.26. The molecule has 0 spiro atoms. The molecule has 0 atom stereocenters. The molecular weight excluding hydrogens is 360 g/mol. The van der Waals surface area contributed by atoms with E-state index in [0.717, 1.165) is 0 Å². The lowest BCUT2D eigenvalue weighted by Crippen LogP contribution is -2.26. The maximum Gasteiger partial charge on any atom is 0.257 e. The standard InChI is InChI=1S/C16H16N4O3S2/c1-3-20(2)25(22,23)12-4-5-13-14(10-12)24-16(18-13)19-15(21)11-6-8-17-9-7-11/h4-10H,3H2,1-2H3,(H,18,19,21). The summed E-state index contributed by atoms with van der Waals surface area (Å²) in [6.45, 7) is 2.16. The monoisotopic (exact) mass is 376 g/mol.